The van der Waals surface area contributed by atoms with Gasteiger partial charge in [0.2, 0.25) is 5.91 Å². The van der Waals surface area contributed by atoms with E-state index in [4.69, 9.17) is 9.84 Å². The summed E-state index contributed by atoms with van der Waals surface area (Å²) in [4.78, 5) is 18.6. The molecule has 1 amide bonds. The first kappa shape index (κ1) is 17.0. The first-order valence-electron chi connectivity index (χ1n) is 8.11. The molecule has 0 unspecified atom stereocenters. The van der Waals surface area contributed by atoms with E-state index in [0.717, 1.165) is 39.6 Å². The number of hydrogen-bond acceptors (Lipinski definition) is 4. The van der Waals surface area contributed by atoms with Gasteiger partial charge in [0.05, 0.1) is 19.2 Å². The molecule has 25 heavy (non-hydrogen) atoms. The van der Waals surface area contributed by atoms with Crippen molar-refractivity contribution in [2.45, 2.75) is 20.3 Å². The van der Waals surface area contributed by atoms with Gasteiger partial charge in [0, 0.05) is 36.6 Å². The molecule has 3 rings (SSSR count). The number of carbonyl (C=O) groups excluding carboxylic acids is 1. The van der Waals surface area contributed by atoms with E-state index < -0.39 is 0 Å². The predicted molar refractivity (Wildman–Crippen MR) is 96.8 cm³/mol. The van der Waals surface area contributed by atoms with Crippen LogP contribution in [-0.4, -0.2) is 46.6 Å². The molecule has 0 bridgehead atoms. The van der Waals surface area contributed by atoms with Gasteiger partial charge in [-0.25, -0.2) is 9.50 Å². The van der Waals surface area contributed by atoms with E-state index in [1.807, 2.05) is 48.7 Å². The maximum absolute atomic E-state index is 12.3. The van der Waals surface area contributed by atoms with Crippen LogP contribution in [0.4, 0.5) is 0 Å². The van der Waals surface area contributed by atoms with E-state index in [1.165, 1.54) is 0 Å². The molecular formula is C19H22N4O2. The summed E-state index contributed by atoms with van der Waals surface area (Å²) in [7, 11) is 5.15. The van der Waals surface area contributed by atoms with Gasteiger partial charge >= 0.3 is 0 Å². The molecule has 0 aliphatic heterocycles. The molecule has 2 heterocycles. The number of amides is 1. The van der Waals surface area contributed by atoms with Gasteiger partial charge in [0.15, 0.2) is 5.65 Å². The third-order valence-corrected chi connectivity index (χ3v) is 4.18. The number of carbonyl (C=O) groups is 1. The fraction of sp³-hybridized carbons (Fsp3) is 0.316. The Balaban J connectivity index is 2.21. The van der Waals surface area contributed by atoms with Gasteiger partial charge in [-0.2, -0.15) is 5.10 Å². The smallest absolute Gasteiger partial charge is 0.226 e. The molecule has 0 atom stereocenters. The maximum atomic E-state index is 12.3. The van der Waals surface area contributed by atoms with E-state index in [0.29, 0.717) is 0 Å². The molecule has 3 aromatic rings. The van der Waals surface area contributed by atoms with Crippen molar-refractivity contribution in [3.63, 3.8) is 0 Å². The summed E-state index contributed by atoms with van der Waals surface area (Å²) in [5.74, 6) is 0.800. The second kappa shape index (κ2) is 6.55. The Labute approximate surface area is 147 Å². The molecule has 2 aromatic heterocycles. The van der Waals surface area contributed by atoms with Gasteiger partial charge in [0.25, 0.3) is 0 Å². The summed E-state index contributed by atoms with van der Waals surface area (Å²) in [5.41, 5.74) is 5.18. The highest BCUT2D eigenvalue weighted by molar-refractivity contribution is 5.84. The number of nitrogens with zero attached hydrogens (tertiary/aromatic N) is 4. The Morgan fingerprint density at radius 3 is 2.48 bits per heavy atom. The second-order valence-corrected chi connectivity index (χ2v) is 6.29. The molecule has 1 aromatic carbocycles. The lowest BCUT2D eigenvalue weighted by Gasteiger charge is -2.10. The Hall–Kier alpha value is -2.89. The predicted octanol–water partition coefficient (Wildman–Crippen LogP) is 2.65. The first-order valence-corrected chi connectivity index (χ1v) is 8.11. The monoisotopic (exact) mass is 338 g/mol. The maximum Gasteiger partial charge on any atom is 0.226 e. The molecule has 0 aliphatic carbocycles. The average Bonchev–Trinajstić information content (AvgIpc) is 2.93. The first-order chi connectivity index (χ1) is 11.9. The highest BCUT2D eigenvalue weighted by atomic mass is 16.5. The zero-order chi connectivity index (χ0) is 18.1. The van der Waals surface area contributed by atoms with Crippen LogP contribution in [0.3, 0.4) is 0 Å². The van der Waals surface area contributed by atoms with Crippen LogP contribution in [0.15, 0.2) is 30.3 Å². The number of hydrogen-bond donors (Lipinski definition) is 0. The van der Waals surface area contributed by atoms with Crippen LogP contribution in [0.2, 0.25) is 0 Å². The van der Waals surface area contributed by atoms with E-state index in [2.05, 4.69) is 4.98 Å². The number of likely N-dealkylation sites (N-methyl/N-ethyl adjacent to an activating group) is 1. The minimum absolute atomic E-state index is 0.0191. The summed E-state index contributed by atoms with van der Waals surface area (Å²) in [5, 5.41) is 4.73. The standard InChI is InChI=1S/C19H22N4O2/c1-12-10-13(2)23-19(20-12)16(11-17(24)22(3)4)18(21-23)14-6-8-15(25-5)9-7-14/h6-10H,11H2,1-5H3. The highest BCUT2D eigenvalue weighted by Gasteiger charge is 2.20. The molecule has 130 valence electrons. The number of aromatic nitrogens is 3. The number of methoxy groups -OCH3 is 1. The Kier molecular flexibility index (Phi) is 4.44. The van der Waals surface area contributed by atoms with Crippen molar-refractivity contribution in [1.29, 1.82) is 0 Å². The fourth-order valence-corrected chi connectivity index (χ4v) is 2.82. The van der Waals surface area contributed by atoms with E-state index in [9.17, 15) is 4.79 Å². The van der Waals surface area contributed by atoms with Crippen LogP contribution in [-0.2, 0) is 11.2 Å². The van der Waals surface area contributed by atoms with Crippen molar-refractivity contribution in [2.75, 3.05) is 21.2 Å². The third kappa shape index (κ3) is 3.20. The Morgan fingerprint density at radius 1 is 1.20 bits per heavy atom. The third-order valence-electron chi connectivity index (χ3n) is 4.18. The molecule has 6 nitrogen and oxygen atoms in total. The van der Waals surface area contributed by atoms with Crippen molar-refractivity contribution in [3.05, 3.63) is 47.3 Å². The lowest BCUT2D eigenvalue weighted by Crippen LogP contribution is -2.23. The Bertz CT molecular complexity index is 927. The zero-order valence-corrected chi connectivity index (χ0v) is 15.2. The summed E-state index contributed by atoms with van der Waals surface area (Å²) in [6, 6.07) is 9.67. The van der Waals surface area contributed by atoms with Gasteiger partial charge in [-0.05, 0) is 44.2 Å². The average molecular weight is 338 g/mol. The van der Waals surface area contributed by atoms with Crippen molar-refractivity contribution < 1.29 is 9.53 Å². The molecular weight excluding hydrogens is 316 g/mol. The van der Waals surface area contributed by atoms with Crippen molar-refractivity contribution >= 4 is 11.6 Å². The number of ether oxygens (including phenoxy) is 1. The van der Waals surface area contributed by atoms with Gasteiger partial charge in [-0.1, -0.05) is 0 Å². The molecule has 0 fully saturated rings. The van der Waals surface area contributed by atoms with Crippen LogP contribution >= 0.6 is 0 Å². The van der Waals surface area contributed by atoms with Crippen LogP contribution in [0, 0.1) is 13.8 Å². The van der Waals surface area contributed by atoms with Crippen molar-refractivity contribution in [2.24, 2.45) is 0 Å². The summed E-state index contributed by atoms with van der Waals surface area (Å²) < 4.78 is 7.04. The van der Waals surface area contributed by atoms with Crippen molar-refractivity contribution in [3.8, 4) is 17.0 Å². The minimum atomic E-state index is 0.0191. The van der Waals surface area contributed by atoms with Crippen LogP contribution in [0.5, 0.6) is 5.75 Å². The molecule has 0 radical (unpaired) electrons. The molecule has 0 spiro atoms. The minimum Gasteiger partial charge on any atom is -0.497 e. The number of rotatable bonds is 4. The SMILES string of the molecule is COc1ccc(-c2nn3c(C)cc(C)nc3c2CC(=O)N(C)C)cc1. The highest BCUT2D eigenvalue weighted by Crippen LogP contribution is 2.28. The second-order valence-electron chi connectivity index (χ2n) is 6.29. The van der Waals surface area contributed by atoms with Gasteiger partial charge in [0.1, 0.15) is 5.75 Å². The van der Waals surface area contributed by atoms with Gasteiger partial charge < -0.3 is 9.64 Å². The van der Waals surface area contributed by atoms with Crippen LogP contribution < -0.4 is 4.74 Å². The summed E-state index contributed by atoms with van der Waals surface area (Å²) in [6.07, 6.45) is 0.258. The normalized spacial score (nSPS) is 10.9. The lowest BCUT2D eigenvalue weighted by molar-refractivity contribution is -0.127. The van der Waals surface area contributed by atoms with E-state index >= 15 is 0 Å². The van der Waals surface area contributed by atoms with Crippen molar-refractivity contribution in [1.82, 2.24) is 19.5 Å². The molecule has 0 saturated heterocycles. The fourth-order valence-electron chi connectivity index (χ4n) is 2.82. The lowest BCUT2D eigenvalue weighted by atomic mass is 10.0. The molecule has 0 N–H and O–H groups in total. The van der Waals surface area contributed by atoms with E-state index in [-0.39, 0.29) is 12.3 Å². The summed E-state index contributed by atoms with van der Waals surface area (Å²) in [6.45, 7) is 3.94. The molecule has 0 saturated carbocycles. The number of benzene rings is 1. The molecule has 0 aliphatic rings. The number of fused-ring (bicyclic) bond motifs is 1. The van der Waals surface area contributed by atoms with Gasteiger partial charge in [-0.15, -0.1) is 0 Å². The van der Waals surface area contributed by atoms with E-state index in [1.54, 1.807) is 26.1 Å². The zero-order valence-electron chi connectivity index (χ0n) is 15.2. The van der Waals surface area contributed by atoms with Crippen LogP contribution in [0.25, 0.3) is 16.9 Å². The van der Waals surface area contributed by atoms with Crippen LogP contribution in [0.1, 0.15) is 17.0 Å². The Morgan fingerprint density at radius 2 is 1.88 bits per heavy atom. The quantitative estimate of drug-likeness (QED) is 0.734. The topological polar surface area (TPSA) is 59.7 Å². The summed E-state index contributed by atoms with van der Waals surface area (Å²) >= 11 is 0. The molecule has 6 heteroatoms. The number of aryl methyl sites for hydroxylation is 2. The largest absolute Gasteiger partial charge is 0.497 e. The van der Waals surface area contributed by atoms with Gasteiger partial charge in [-0.3, -0.25) is 4.79 Å².